The molecule has 1 rings (SSSR count). The van der Waals surface area contributed by atoms with Crippen LogP contribution in [0.2, 0.25) is 0 Å². The second-order valence-corrected chi connectivity index (χ2v) is 3.44. The molecule has 0 saturated heterocycles. The number of anilines is 1. The van der Waals surface area contributed by atoms with Crippen LogP contribution in [0.5, 0.6) is 0 Å². The van der Waals surface area contributed by atoms with Crippen LogP contribution in [0.15, 0.2) is 5.51 Å². The highest BCUT2D eigenvalue weighted by molar-refractivity contribution is 7.13. The van der Waals surface area contributed by atoms with Crippen molar-refractivity contribution in [1.29, 1.82) is 0 Å². The van der Waals surface area contributed by atoms with E-state index in [0.29, 0.717) is 5.13 Å². The molecule has 3 nitrogen and oxygen atoms in total. The van der Waals surface area contributed by atoms with Crippen LogP contribution in [0.25, 0.3) is 0 Å². The van der Waals surface area contributed by atoms with Gasteiger partial charge in [-0.1, -0.05) is 11.3 Å². The fourth-order valence-corrected chi connectivity index (χ4v) is 1.40. The third kappa shape index (κ3) is 4.07. The summed E-state index contributed by atoms with van der Waals surface area (Å²) >= 11 is 1.18. The lowest BCUT2D eigenvalue weighted by atomic mass is 10.2. The van der Waals surface area contributed by atoms with Gasteiger partial charge in [-0.05, 0) is 6.92 Å². The van der Waals surface area contributed by atoms with Gasteiger partial charge in [0.15, 0.2) is 0 Å². The van der Waals surface area contributed by atoms with Gasteiger partial charge in [0.05, 0.1) is 6.42 Å². The van der Waals surface area contributed by atoms with Gasteiger partial charge in [0.2, 0.25) is 5.13 Å². The van der Waals surface area contributed by atoms with Crippen molar-refractivity contribution in [1.82, 2.24) is 10.2 Å². The van der Waals surface area contributed by atoms with Crippen LogP contribution < -0.4 is 5.32 Å². The lowest BCUT2D eigenvalue weighted by Crippen LogP contribution is -2.23. The smallest absolute Gasteiger partial charge is 0.357 e. The van der Waals surface area contributed by atoms with Gasteiger partial charge in [0.1, 0.15) is 5.51 Å². The molecule has 7 heteroatoms. The predicted molar refractivity (Wildman–Crippen MR) is 43.7 cm³/mol. The molecule has 1 atom stereocenters. The first-order valence-electron chi connectivity index (χ1n) is 3.57. The molecule has 0 aliphatic heterocycles. The van der Waals surface area contributed by atoms with E-state index in [9.17, 15) is 13.2 Å². The molecule has 0 saturated carbocycles. The quantitative estimate of drug-likeness (QED) is 0.833. The van der Waals surface area contributed by atoms with E-state index < -0.39 is 18.6 Å². The van der Waals surface area contributed by atoms with Gasteiger partial charge in [-0.25, -0.2) is 0 Å². The largest absolute Gasteiger partial charge is 0.391 e. The van der Waals surface area contributed by atoms with Crippen LogP contribution in [0.1, 0.15) is 13.3 Å². The zero-order valence-corrected chi connectivity index (χ0v) is 7.61. The van der Waals surface area contributed by atoms with E-state index in [-0.39, 0.29) is 0 Å². The summed E-state index contributed by atoms with van der Waals surface area (Å²) in [5, 5.41) is 10.1. The fraction of sp³-hybridized carbons (Fsp3) is 0.667. The lowest BCUT2D eigenvalue weighted by molar-refractivity contribution is -0.136. The molecule has 1 aromatic heterocycles. The second kappa shape index (κ2) is 3.91. The molecule has 0 amide bonds. The Bertz CT molecular complexity index is 246. The minimum Gasteiger partial charge on any atom is -0.357 e. The Morgan fingerprint density at radius 2 is 2.31 bits per heavy atom. The summed E-state index contributed by atoms with van der Waals surface area (Å²) in [7, 11) is 0. The van der Waals surface area contributed by atoms with Gasteiger partial charge in [0, 0.05) is 6.04 Å². The van der Waals surface area contributed by atoms with Crippen LogP contribution in [-0.4, -0.2) is 22.4 Å². The highest BCUT2D eigenvalue weighted by Crippen LogP contribution is 2.23. The minimum atomic E-state index is -4.14. The van der Waals surface area contributed by atoms with Crippen LogP contribution in [0.3, 0.4) is 0 Å². The Hall–Kier alpha value is -0.850. The molecule has 0 bridgehead atoms. The Morgan fingerprint density at radius 1 is 1.62 bits per heavy atom. The number of halogens is 3. The Morgan fingerprint density at radius 3 is 2.77 bits per heavy atom. The third-order valence-electron chi connectivity index (χ3n) is 1.27. The topological polar surface area (TPSA) is 37.8 Å². The molecule has 0 aromatic carbocycles. The highest BCUT2D eigenvalue weighted by atomic mass is 32.1. The van der Waals surface area contributed by atoms with Crippen molar-refractivity contribution < 1.29 is 13.2 Å². The first kappa shape index (κ1) is 10.2. The maximum Gasteiger partial charge on any atom is 0.391 e. The second-order valence-electron chi connectivity index (χ2n) is 2.61. The zero-order chi connectivity index (χ0) is 9.90. The van der Waals surface area contributed by atoms with E-state index in [4.69, 9.17) is 0 Å². The summed E-state index contributed by atoms with van der Waals surface area (Å²) in [6.07, 6.45) is -5.01. The number of nitrogens with one attached hydrogen (secondary N) is 1. The van der Waals surface area contributed by atoms with E-state index in [1.807, 2.05) is 0 Å². The van der Waals surface area contributed by atoms with E-state index >= 15 is 0 Å². The fourth-order valence-electron chi connectivity index (χ4n) is 0.845. The molecule has 13 heavy (non-hydrogen) atoms. The van der Waals surface area contributed by atoms with Gasteiger partial charge < -0.3 is 5.32 Å². The summed E-state index contributed by atoms with van der Waals surface area (Å²) in [5.74, 6) is 0. The molecule has 0 radical (unpaired) electrons. The van der Waals surface area contributed by atoms with Gasteiger partial charge in [-0.3, -0.25) is 0 Å². The van der Waals surface area contributed by atoms with Crippen LogP contribution in [0, 0.1) is 0 Å². The van der Waals surface area contributed by atoms with Crippen LogP contribution in [0.4, 0.5) is 18.3 Å². The maximum atomic E-state index is 11.9. The van der Waals surface area contributed by atoms with Crippen molar-refractivity contribution in [3.63, 3.8) is 0 Å². The summed E-state index contributed by atoms with van der Waals surface area (Å²) in [6, 6.07) is -0.673. The van der Waals surface area contributed by atoms with Crippen molar-refractivity contribution in [2.45, 2.75) is 25.6 Å². The normalized spacial score (nSPS) is 14.2. The summed E-state index contributed by atoms with van der Waals surface area (Å²) in [5.41, 5.74) is 1.46. The molecule has 0 fully saturated rings. The van der Waals surface area contributed by atoms with Crippen molar-refractivity contribution in [3.05, 3.63) is 5.51 Å². The molecule has 0 aliphatic carbocycles. The highest BCUT2D eigenvalue weighted by Gasteiger charge is 2.30. The molecule has 74 valence electrons. The Kier molecular flexibility index (Phi) is 3.07. The standard InChI is InChI=1S/C6H8F3N3S/c1-4(2-6(7,8)9)11-5-12-10-3-13-5/h3-4H,2H2,1H3,(H,11,12). The number of nitrogens with zero attached hydrogens (tertiary/aromatic N) is 2. The molecular formula is C6H8F3N3S. The summed E-state index contributed by atoms with van der Waals surface area (Å²) in [4.78, 5) is 0. The first-order valence-corrected chi connectivity index (χ1v) is 4.45. The van der Waals surface area contributed by atoms with Gasteiger partial charge in [0.25, 0.3) is 0 Å². The van der Waals surface area contributed by atoms with Crippen molar-refractivity contribution in [2.24, 2.45) is 0 Å². The third-order valence-corrected chi connectivity index (χ3v) is 1.89. The lowest BCUT2D eigenvalue weighted by Gasteiger charge is -2.14. The summed E-state index contributed by atoms with van der Waals surface area (Å²) in [6.45, 7) is 1.45. The number of rotatable bonds is 3. The number of alkyl halides is 3. The predicted octanol–water partition coefficient (Wildman–Crippen LogP) is 2.29. The van der Waals surface area contributed by atoms with E-state index in [1.165, 1.54) is 23.8 Å². The average Bonchev–Trinajstić information content (AvgIpc) is 2.34. The van der Waals surface area contributed by atoms with Crippen LogP contribution in [-0.2, 0) is 0 Å². The monoisotopic (exact) mass is 211 g/mol. The Labute approximate surface area is 77.0 Å². The molecule has 1 N–H and O–H groups in total. The molecule has 0 spiro atoms. The first-order chi connectivity index (χ1) is 5.97. The average molecular weight is 211 g/mol. The summed E-state index contributed by atoms with van der Waals surface area (Å²) < 4.78 is 35.6. The van der Waals surface area contributed by atoms with E-state index in [1.54, 1.807) is 0 Å². The van der Waals surface area contributed by atoms with Gasteiger partial charge in [-0.2, -0.15) is 13.2 Å². The van der Waals surface area contributed by atoms with E-state index in [2.05, 4.69) is 15.5 Å². The molecule has 0 aliphatic rings. The van der Waals surface area contributed by atoms with Crippen molar-refractivity contribution in [3.8, 4) is 0 Å². The van der Waals surface area contributed by atoms with Gasteiger partial charge >= 0.3 is 6.18 Å². The molecular weight excluding hydrogens is 203 g/mol. The Balaban J connectivity index is 2.38. The number of aromatic nitrogens is 2. The maximum absolute atomic E-state index is 11.9. The number of hydrogen-bond acceptors (Lipinski definition) is 4. The molecule has 1 heterocycles. The van der Waals surface area contributed by atoms with E-state index in [0.717, 1.165) is 0 Å². The van der Waals surface area contributed by atoms with Crippen molar-refractivity contribution in [2.75, 3.05) is 5.32 Å². The van der Waals surface area contributed by atoms with Gasteiger partial charge in [-0.15, -0.1) is 10.2 Å². The molecule has 1 unspecified atom stereocenters. The zero-order valence-electron chi connectivity index (χ0n) is 6.80. The SMILES string of the molecule is CC(CC(F)(F)F)Nc1nncs1. The van der Waals surface area contributed by atoms with Crippen LogP contribution >= 0.6 is 11.3 Å². The number of hydrogen-bond donors (Lipinski definition) is 1. The van der Waals surface area contributed by atoms with Crippen molar-refractivity contribution >= 4 is 16.5 Å². The minimum absolute atomic E-state index is 0.414. The molecule has 1 aromatic rings.